The molecule has 26 heavy (non-hydrogen) atoms. The summed E-state index contributed by atoms with van der Waals surface area (Å²) in [5.41, 5.74) is 4.48. The molecule has 2 atom stereocenters. The predicted molar refractivity (Wildman–Crippen MR) is 96.8 cm³/mol. The summed E-state index contributed by atoms with van der Waals surface area (Å²) in [4.78, 5) is 25.8. The lowest BCUT2D eigenvalue weighted by Crippen LogP contribution is -2.48. The standard InChI is InChI=1S/C22H22O4/c1-3-25-21(23)19-17-13-9-5-7-11-15(13)18(20(19)22(24)26-4-2)16-12-8-6-10-14(16)17/h5-12,17-20H,3-4H2,1-2H3/t17?,18?,19-,20+. The minimum atomic E-state index is -0.552. The van der Waals surface area contributed by atoms with Crippen molar-refractivity contribution in [2.45, 2.75) is 25.7 Å². The molecule has 0 spiro atoms. The molecule has 4 nitrogen and oxygen atoms in total. The summed E-state index contributed by atoms with van der Waals surface area (Å²) in [6.45, 7) is 4.18. The average Bonchev–Trinajstić information content (AvgIpc) is 2.67. The Hall–Kier alpha value is -2.62. The first-order valence-electron chi connectivity index (χ1n) is 9.19. The molecule has 0 saturated carbocycles. The van der Waals surface area contributed by atoms with Crippen LogP contribution < -0.4 is 0 Å². The number of hydrogen-bond acceptors (Lipinski definition) is 4. The highest BCUT2D eigenvalue weighted by molar-refractivity contribution is 5.87. The maximum atomic E-state index is 12.9. The van der Waals surface area contributed by atoms with Crippen molar-refractivity contribution in [3.63, 3.8) is 0 Å². The van der Waals surface area contributed by atoms with Crippen molar-refractivity contribution in [3.05, 3.63) is 70.8 Å². The Morgan fingerprint density at radius 1 is 0.692 bits per heavy atom. The van der Waals surface area contributed by atoms with Crippen molar-refractivity contribution in [2.75, 3.05) is 13.2 Å². The zero-order chi connectivity index (χ0) is 18.3. The smallest absolute Gasteiger partial charge is 0.310 e. The van der Waals surface area contributed by atoms with E-state index >= 15 is 0 Å². The second kappa shape index (κ2) is 6.60. The minimum absolute atomic E-state index is 0.180. The van der Waals surface area contributed by atoms with Gasteiger partial charge in [-0.25, -0.2) is 0 Å². The normalized spacial score (nSPS) is 25.2. The minimum Gasteiger partial charge on any atom is -0.466 e. The third kappa shape index (κ3) is 2.36. The Bertz CT molecular complexity index is 739. The number of carbonyl (C=O) groups excluding carboxylic acids is 2. The topological polar surface area (TPSA) is 52.6 Å². The van der Waals surface area contributed by atoms with E-state index in [4.69, 9.17) is 9.47 Å². The van der Waals surface area contributed by atoms with Gasteiger partial charge >= 0.3 is 11.9 Å². The summed E-state index contributed by atoms with van der Waals surface area (Å²) in [6.07, 6.45) is 0. The van der Waals surface area contributed by atoms with Gasteiger partial charge in [0, 0.05) is 11.8 Å². The number of hydrogen-bond donors (Lipinski definition) is 0. The quantitative estimate of drug-likeness (QED) is 0.790. The molecule has 0 radical (unpaired) electrons. The van der Waals surface area contributed by atoms with Crippen LogP contribution in [-0.4, -0.2) is 25.2 Å². The molecular weight excluding hydrogens is 328 g/mol. The van der Waals surface area contributed by atoms with Crippen LogP contribution in [0, 0.1) is 11.8 Å². The summed E-state index contributed by atoms with van der Waals surface area (Å²) in [7, 11) is 0. The van der Waals surface area contributed by atoms with E-state index in [9.17, 15) is 9.59 Å². The van der Waals surface area contributed by atoms with Crippen LogP contribution in [0.25, 0.3) is 0 Å². The van der Waals surface area contributed by atoms with Gasteiger partial charge in [-0.05, 0) is 36.1 Å². The molecule has 0 heterocycles. The largest absolute Gasteiger partial charge is 0.466 e. The van der Waals surface area contributed by atoms with Gasteiger partial charge in [-0.15, -0.1) is 0 Å². The van der Waals surface area contributed by atoms with E-state index in [0.29, 0.717) is 13.2 Å². The van der Waals surface area contributed by atoms with Gasteiger partial charge in [0.05, 0.1) is 25.0 Å². The molecule has 2 aromatic rings. The molecule has 2 bridgehead atoms. The first-order valence-corrected chi connectivity index (χ1v) is 9.19. The Balaban J connectivity index is 1.94. The van der Waals surface area contributed by atoms with Crippen LogP contribution in [0.2, 0.25) is 0 Å². The molecule has 0 aromatic heterocycles. The first-order chi connectivity index (χ1) is 12.7. The molecule has 134 valence electrons. The van der Waals surface area contributed by atoms with Crippen molar-refractivity contribution < 1.29 is 19.1 Å². The number of fused-ring (bicyclic) bond motifs is 1. The third-order valence-electron chi connectivity index (χ3n) is 5.55. The fourth-order valence-electron chi connectivity index (χ4n) is 4.72. The van der Waals surface area contributed by atoms with Crippen molar-refractivity contribution >= 4 is 11.9 Å². The second-order valence-electron chi connectivity index (χ2n) is 6.77. The molecule has 0 saturated heterocycles. The molecular formula is C22H22O4. The molecule has 0 fully saturated rings. The monoisotopic (exact) mass is 350 g/mol. The Kier molecular flexibility index (Phi) is 4.27. The van der Waals surface area contributed by atoms with Crippen LogP contribution in [0.3, 0.4) is 0 Å². The van der Waals surface area contributed by atoms with Gasteiger partial charge < -0.3 is 9.47 Å². The molecule has 3 aliphatic rings. The summed E-state index contributed by atoms with van der Waals surface area (Å²) < 4.78 is 10.8. The van der Waals surface area contributed by atoms with Crippen molar-refractivity contribution in [1.82, 2.24) is 0 Å². The highest BCUT2D eigenvalue weighted by Gasteiger charge is 2.56. The zero-order valence-corrected chi connectivity index (χ0v) is 15.0. The SMILES string of the molecule is CCOC(=O)[C@@H]1C2c3ccccc3C(c3ccccc32)[C@@H]1C(=O)OCC. The van der Waals surface area contributed by atoms with E-state index in [1.54, 1.807) is 13.8 Å². The fourth-order valence-corrected chi connectivity index (χ4v) is 4.72. The van der Waals surface area contributed by atoms with Gasteiger partial charge in [0.2, 0.25) is 0 Å². The number of benzene rings is 2. The lowest BCUT2D eigenvalue weighted by atomic mass is 9.54. The lowest BCUT2D eigenvalue weighted by Gasteiger charge is -2.48. The highest BCUT2D eigenvalue weighted by Crippen LogP contribution is 2.58. The molecule has 2 aromatic carbocycles. The lowest BCUT2D eigenvalue weighted by molar-refractivity contribution is -0.163. The van der Waals surface area contributed by atoms with Crippen LogP contribution in [0.15, 0.2) is 48.5 Å². The van der Waals surface area contributed by atoms with Gasteiger partial charge in [-0.3, -0.25) is 9.59 Å². The molecule has 0 aliphatic heterocycles. The van der Waals surface area contributed by atoms with Crippen molar-refractivity contribution in [1.29, 1.82) is 0 Å². The van der Waals surface area contributed by atoms with Crippen molar-refractivity contribution in [2.24, 2.45) is 11.8 Å². The molecule has 0 unspecified atom stereocenters. The molecule has 0 N–H and O–H groups in total. The van der Waals surface area contributed by atoms with Gasteiger partial charge in [0.25, 0.3) is 0 Å². The third-order valence-corrected chi connectivity index (χ3v) is 5.55. The van der Waals surface area contributed by atoms with Crippen LogP contribution >= 0.6 is 0 Å². The summed E-state index contributed by atoms with van der Waals surface area (Å²) in [5.74, 6) is -2.09. The van der Waals surface area contributed by atoms with E-state index in [1.165, 1.54) is 0 Å². The van der Waals surface area contributed by atoms with Crippen LogP contribution in [-0.2, 0) is 19.1 Å². The average molecular weight is 350 g/mol. The van der Waals surface area contributed by atoms with Gasteiger partial charge in [-0.2, -0.15) is 0 Å². The number of esters is 2. The highest BCUT2D eigenvalue weighted by atomic mass is 16.5. The van der Waals surface area contributed by atoms with E-state index in [2.05, 4.69) is 24.3 Å². The number of ether oxygens (including phenoxy) is 2. The number of carbonyl (C=O) groups is 2. The second-order valence-corrected chi connectivity index (χ2v) is 6.77. The van der Waals surface area contributed by atoms with Gasteiger partial charge in [0.15, 0.2) is 0 Å². The molecule has 0 amide bonds. The molecule has 4 heteroatoms. The van der Waals surface area contributed by atoms with Crippen LogP contribution in [0.5, 0.6) is 0 Å². The van der Waals surface area contributed by atoms with Gasteiger partial charge in [0.1, 0.15) is 0 Å². The van der Waals surface area contributed by atoms with E-state index in [-0.39, 0.29) is 23.8 Å². The van der Waals surface area contributed by atoms with Crippen molar-refractivity contribution in [3.8, 4) is 0 Å². The van der Waals surface area contributed by atoms with E-state index < -0.39 is 11.8 Å². The molecule has 3 aliphatic carbocycles. The Morgan fingerprint density at radius 3 is 1.27 bits per heavy atom. The van der Waals surface area contributed by atoms with E-state index in [1.807, 2.05) is 24.3 Å². The first kappa shape index (κ1) is 16.8. The summed E-state index contributed by atoms with van der Waals surface area (Å²) >= 11 is 0. The summed E-state index contributed by atoms with van der Waals surface area (Å²) in [6, 6.07) is 16.2. The maximum absolute atomic E-state index is 12.9. The fraction of sp³-hybridized carbons (Fsp3) is 0.364. The van der Waals surface area contributed by atoms with E-state index in [0.717, 1.165) is 22.3 Å². The zero-order valence-electron chi connectivity index (χ0n) is 15.0. The predicted octanol–water partition coefficient (Wildman–Crippen LogP) is 3.64. The Morgan fingerprint density at radius 2 is 1.00 bits per heavy atom. The number of rotatable bonds is 4. The maximum Gasteiger partial charge on any atom is 0.310 e. The molecule has 5 rings (SSSR count). The summed E-state index contributed by atoms with van der Waals surface area (Å²) in [5, 5.41) is 0. The Labute approximate surface area is 153 Å². The van der Waals surface area contributed by atoms with Crippen LogP contribution in [0.4, 0.5) is 0 Å². The van der Waals surface area contributed by atoms with Gasteiger partial charge in [-0.1, -0.05) is 48.5 Å². The van der Waals surface area contributed by atoms with Crippen LogP contribution in [0.1, 0.15) is 47.9 Å².